The van der Waals surface area contributed by atoms with E-state index in [4.69, 9.17) is 0 Å². The second kappa shape index (κ2) is 4.20. The summed E-state index contributed by atoms with van der Waals surface area (Å²) in [5, 5.41) is 3.46. The molecule has 1 N–H and O–H groups in total. The molecule has 2 heterocycles. The average Bonchev–Trinajstić information content (AvgIpc) is 2.78. The average molecular weight is 223 g/mol. The quantitative estimate of drug-likeness (QED) is 0.838. The summed E-state index contributed by atoms with van der Waals surface area (Å²) in [5.41, 5.74) is 1.94. The molecule has 1 aromatic rings. The van der Waals surface area contributed by atoms with E-state index in [1.54, 1.807) is 11.3 Å². The van der Waals surface area contributed by atoms with Crippen LogP contribution >= 0.6 is 11.3 Å². The van der Waals surface area contributed by atoms with Crippen LogP contribution in [0.4, 0.5) is 0 Å². The number of nitrogens with zero attached hydrogens (tertiary/aromatic N) is 2. The number of rotatable bonds is 4. The number of hydrogen-bond donors (Lipinski definition) is 1. The molecule has 0 aromatic carbocycles. The zero-order valence-electron chi connectivity index (χ0n) is 8.85. The molecule has 3 nitrogen and oxygen atoms in total. The monoisotopic (exact) mass is 223 g/mol. The second-order valence-corrected chi connectivity index (χ2v) is 5.49. The van der Waals surface area contributed by atoms with E-state index < -0.39 is 0 Å². The normalized spacial score (nSPS) is 26.3. The number of thiazole rings is 1. The van der Waals surface area contributed by atoms with Crippen molar-refractivity contribution in [2.24, 2.45) is 0 Å². The van der Waals surface area contributed by atoms with Gasteiger partial charge < -0.3 is 5.32 Å². The Morgan fingerprint density at radius 1 is 1.40 bits per heavy atom. The van der Waals surface area contributed by atoms with Crippen molar-refractivity contribution in [3.8, 4) is 0 Å². The van der Waals surface area contributed by atoms with Crippen molar-refractivity contribution in [2.45, 2.75) is 37.9 Å². The Balaban J connectivity index is 1.67. The fraction of sp³-hybridized carbons (Fsp3) is 0.727. The van der Waals surface area contributed by atoms with Crippen LogP contribution in [0, 0.1) is 0 Å². The maximum Gasteiger partial charge on any atom is 0.0794 e. The predicted molar refractivity (Wildman–Crippen MR) is 62.0 cm³/mol. The van der Waals surface area contributed by atoms with Crippen molar-refractivity contribution >= 4 is 11.3 Å². The number of hydrogen-bond acceptors (Lipinski definition) is 4. The van der Waals surface area contributed by atoms with Gasteiger partial charge in [-0.2, -0.15) is 0 Å². The molecule has 1 aliphatic carbocycles. The summed E-state index contributed by atoms with van der Waals surface area (Å²) >= 11 is 1.78. The second-order valence-electron chi connectivity index (χ2n) is 4.52. The van der Waals surface area contributed by atoms with E-state index in [0.717, 1.165) is 18.6 Å². The van der Waals surface area contributed by atoms with E-state index >= 15 is 0 Å². The summed E-state index contributed by atoms with van der Waals surface area (Å²) in [6.45, 7) is 3.48. The van der Waals surface area contributed by atoms with Gasteiger partial charge in [-0.15, -0.1) is 11.3 Å². The molecule has 15 heavy (non-hydrogen) atoms. The van der Waals surface area contributed by atoms with Crippen LogP contribution in [-0.2, 0) is 6.54 Å². The third-order valence-electron chi connectivity index (χ3n) is 3.34. The summed E-state index contributed by atoms with van der Waals surface area (Å²) in [4.78, 5) is 8.26. The highest BCUT2D eigenvalue weighted by Gasteiger charge is 2.35. The molecule has 1 aliphatic heterocycles. The van der Waals surface area contributed by atoms with Gasteiger partial charge in [-0.3, -0.25) is 9.88 Å². The van der Waals surface area contributed by atoms with E-state index in [-0.39, 0.29) is 0 Å². The molecular weight excluding hydrogens is 206 g/mol. The van der Waals surface area contributed by atoms with E-state index in [9.17, 15) is 0 Å². The lowest BCUT2D eigenvalue weighted by Crippen LogP contribution is -2.37. The molecule has 1 aromatic heterocycles. The maximum absolute atomic E-state index is 4.16. The Morgan fingerprint density at radius 2 is 2.33 bits per heavy atom. The summed E-state index contributed by atoms with van der Waals surface area (Å²) in [5.74, 6) is 0. The fourth-order valence-electron chi connectivity index (χ4n) is 2.39. The Kier molecular flexibility index (Phi) is 2.73. The van der Waals surface area contributed by atoms with E-state index in [1.165, 1.54) is 37.2 Å². The zero-order chi connectivity index (χ0) is 10.1. The molecule has 82 valence electrons. The topological polar surface area (TPSA) is 28.2 Å². The van der Waals surface area contributed by atoms with Crippen LogP contribution in [0.5, 0.6) is 0 Å². The highest BCUT2D eigenvalue weighted by molar-refractivity contribution is 7.09. The van der Waals surface area contributed by atoms with Gasteiger partial charge in [-0.1, -0.05) is 0 Å². The lowest BCUT2D eigenvalue weighted by molar-refractivity contribution is 0.190. The molecule has 2 fully saturated rings. The number of aromatic nitrogens is 1. The van der Waals surface area contributed by atoms with E-state index in [0.29, 0.717) is 0 Å². The smallest absolute Gasteiger partial charge is 0.0794 e. The predicted octanol–water partition coefficient (Wildman–Crippen LogP) is 1.47. The van der Waals surface area contributed by atoms with Crippen molar-refractivity contribution in [2.75, 3.05) is 13.1 Å². The number of nitrogens with one attached hydrogen (secondary N) is 1. The van der Waals surface area contributed by atoms with Gasteiger partial charge in [0.25, 0.3) is 0 Å². The first-order valence-electron chi connectivity index (χ1n) is 5.77. The minimum absolute atomic E-state index is 0.764. The van der Waals surface area contributed by atoms with Crippen LogP contribution in [-0.4, -0.2) is 35.1 Å². The lowest BCUT2D eigenvalue weighted by atomic mass is 10.2. The van der Waals surface area contributed by atoms with Gasteiger partial charge in [-0.25, -0.2) is 0 Å². The molecule has 1 atom stereocenters. The molecule has 1 saturated heterocycles. The highest BCUT2D eigenvalue weighted by Crippen LogP contribution is 2.32. The van der Waals surface area contributed by atoms with Gasteiger partial charge in [0, 0.05) is 36.2 Å². The standard InChI is InChI=1S/C11H17N3S/c1-2-9(1)14(10-3-4-12-5-10)7-11-6-13-8-15-11/h6,8-10,12H,1-5,7H2. The van der Waals surface area contributed by atoms with E-state index in [2.05, 4.69) is 15.2 Å². The van der Waals surface area contributed by atoms with Crippen molar-refractivity contribution in [1.82, 2.24) is 15.2 Å². The molecule has 1 saturated carbocycles. The van der Waals surface area contributed by atoms with Gasteiger partial charge >= 0.3 is 0 Å². The fourth-order valence-corrected chi connectivity index (χ4v) is 2.99. The summed E-state index contributed by atoms with van der Waals surface area (Å²) in [7, 11) is 0. The summed E-state index contributed by atoms with van der Waals surface area (Å²) in [6.07, 6.45) is 6.13. The molecule has 0 bridgehead atoms. The minimum atomic E-state index is 0.764. The highest BCUT2D eigenvalue weighted by atomic mass is 32.1. The Labute approximate surface area is 94.5 Å². The van der Waals surface area contributed by atoms with Gasteiger partial charge in [0.05, 0.1) is 5.51 Å². The molecule has 3 rings (SSSR count). The zero-order valence-corrected chi connectivity index (χ0v) is 9.67. The molecule has 4 heteroatoms. The molecule has 0 spiro atoms. The first-order chi connectivity index (χ1) is 7.43. The largest absolute Gasteiger partial charge is 0.315 e. The lowest BCUT2D eigenvalue weighted by Gasteiger charge is -2.27. The van der Waals surface area contributed by atoms with Gasteiger partial charge in [0.1, 0.15) is 0 Å². The van der Waals surface area contributed by atoms with Crippen LogP contribution in [0.3, 0.4) is 0 Å². The first kappa shape index (κ1) is 9.75. The minimum Gasteiger partial charge on any atom is -0.315 e. The molecule has 2 aliphatic rings. The maximum atomic E-state index is 4.16. The van der Waals surface area contributed by atoms with Crippen molar-refractivity contribution < 1.29 is 0 Å². The van der Waals surface area contributed by atoms with Gasteiger partial charge in [-0.05, 0) is 25.8 Å². The van der Waals surface area contributed by atoms with Crippen LogP contribution in [0.25, 0.3) is 0 Å². The van der Waals surface area contributed by atoms with Crippen LogP contribution in [0.1, 0.15) is 24.1 Å². The van der Waals surface area contributed by atoms with Crippen LogP contribution in [0.2, 0.25) is 0 Å². The van der Waals surface area contributed by atoms with Crippen molar-refractivity contribution in [3.05, 3.63) is 16.6 Å². The first-order valence-corrected chi connectivity index (χ1v) is 6.65. The molecule has 0 radical (unpaired) electrons. The van der Waals surface area contributed by atoms with Crippen molar-refractivity contribution in [1.29, 1.82) is 0 Å². The van der Waals surface area contributed by atoms with Gasteiger partial charge in [0.15, 0.2) is 0 Å². The van der Waals surface area contributed by atoms with Gasteiger partial charge in [0.2, 0.25) is 0 Å². The molecular formula is C11H17N3S. The molecule has 1 unspecified atom stereocenters. The van der Waals surface area contributed by atoms with Crippen LogP contribution < -0.4 is 5.32 Å². The Hall–Kier alpha value is -0.450. The van der Waals surface area contributed by atoms with Crippen molar-refractivity contribution in [3.63, 3.8) is 0 Å². The van der Waals surface area contributed by atoms with Crippen LogP contribution in [0.15, 0.2) is 11.7 Å². The molecule has 0 amide bonds. The Morgan fingerprint density at radius 3 is 2.93 bits per heavy atom. The van der Waals surface area contributed by atoms with E-state index in [1.807, 2.05) is 11.7 Å². The summed E-state index contributed by atoms with van der Waals surface area (Å²) < 4.78 is 0. The third kappa shape index (κ3) is 2.22. The Bertz CT molecular complexity index is 302. The third-order valence-corrected chi connectivity index (χ3v) is 4.11. The SMILES string of the molecule is c1ncc(CN(C2CC2)C2CCNC2)s1. The summed E-state index contributed by atoms with van der Waals surface area (Å²) in [6, 6.07) is 1.62.